The number of rotatable bonds is 4. The number of amides is 2. The van der Waals surface area contributed by atoms with Crippen molar-refractivity contribution in [1.82, 2.24) is 9.99 Å². The lowest BCUT2D eigenvalue weighted by molar-refractivity contribution is -0.123. The smallest absolute Gasteiger partial charge is 0.263 e. The van der Waals surface area contributed by atoms with Crippen LogP contribution >= 0.6 is 11.6 Å². The minimum atomic E-state index is -0.878. The zero-order chi connectivity index (χ0) is 20.8. The lowest BCUT2D eigenvalue weighted by Gasteiger charge is -2.20. The molecule has 3 aromatic rings. The number of carbonyl (C=O) groups excluding carboxylic acids is 2. The van der Waals surface area contributed by atoms with E-state index in [4.69, 9.17) is 16.0 Å². The number of aromatic nitrogens is 1. The summed E-state index contributed by atoms with van der Waals surface area (Å²) < 4.78 is 5.79. The van der Waals surface area contributed by atoms with Crippen LogP contribution in [0.4, 0.5) is 5.69 Å². The molecule has 2 atom stereocenters. The van der Waals surface area contributed by atoms with Crippen LogP contribution in [0.3, 0.4) is 0 Å². The summed E-state index contributed by atoms with van der Waals surface area (Å²) in [7, 11) is 0. The molecule has 2 aromatic carbocycles. The van der Waals surface area contributed by atoms with E-state index in [1.54, 1.807) is 31.2 Å². The molecule has 30 heavy (non-hydrogen) atoms. The largest absolute Gasteiger partial charge is 0.441 e. The van der Waals surface area contributed by atoms with E-state index in [2.05, 4.69) is 15.3 Å². The molecule has 3 heterocycles. The molecule has 1 saturated heterocycles. The van der Waals surface area contributed by atoms with Crippen molar-refractivity contribution in [2.45, 2.75) is 25.6 Å². The van der Waals surface area contributed by atoms with Crippen molar-refractivity contribution >= 4 is 29.1 Å². The van der Waals surface area contributed by atoms with Gasteiger partial charge in [0, 0.05) is 10.6 Å². The van der Waals surface area contributed by atoms with Gasteiger partial charge < -0.3 is 4.42 Å². The number of carbonyl (C=O) groups is 2. The second-order valence-electron chi connectivity index (χ2n) is 7.07. The third-order valence-electron chi connectivity index (χ3n) is 5.15. The quantitative estimate of drug-likeness (QED) is 0.597. The standard InChI is InChI=1S/C21H16ClN5O3/c1-12-16(23-19(30-12)13-6-3-2-4-7-13)11-26-18-17(24-25-26)20(28)27(21(18)29)15-9-5-8-14(22)10-15/h2-10,17-18H,11H2,1H3. The third kappa shape index (κ3) is 2.96. The molecule has 2 amide bonds. The first-order valence-electron chi connectivity index (χ1n) is 9.35. The molecule has 0 radical (unpaired) electrons. The summed E-state index contributed by atoms with van der Waals surface area (Å²) in [5.41, 5.74) is 1.91. The molecule has 2 aliphatic heterocycles. The van der Waals surface area contributed by atoms with Gasteiger partial charge in [-0.3, -0.25) is 14.6 Å². The second kappa shape index (κ2) is 7.07. The number of hydrogen-bond donors (Lipinski definition) is 0. The first kappa shape index (κ1) is 18.5. The maximum Gasteiger partial charge on any atom is 0.263 e. The highest BCUT2D eigenvalue weighted by molar-refractivity contribution is 6.31. The normalized spacial score (nSPS) is 20.3. The van der Waals surface area contributed by atoms with Gasteiger partial charge in [-0.2, -0.15) is 5.11 Å². The molecule has 0 aliphatic carbocycles. The number of nitrogens with zero attached hydrogens (tertiary/aromatic N) is 5. The van der Waals surface area contributed by atoms with E-state index < -0.39 is 18.0 Å². The van der Waals surface area contributed by atoms with Crippen molar-refractivity contribution in [3.63, 3.8) is 0 Å². The Bertz CT molecular complexity index is 1180. The Hall–Kier alpha value is -3.52. The molecule has 9 heteroatoms. The highest BCUT2D eigenvalue weighted by Crippen LogP contribution is 2.34. The number of halogens is 1. The van der Waals surface area contributed by atoms with Crippen LogP contribution in [0.25, 0.3) is 11.5 Å². The van der Waals surface area contributed by atoms with Crippen molar-refractivity contribution < 1.29 is 14.0 Å². The van der Waals surface area contributed by atoms with Crippen LogP contribution in [0.5, 0.6) is 0 Å². The fraction of sp³-hybridized carbons (Fsp3) is 0.190. The molecule has 5 rings (SSSR count). The summed E-state index contributed by atoms with van der Waals surface area (Å²) in [6, 6.07) is 14.5. The molecule has 0 saturated carbocycles. The topological polar surface area (TPSA) is 91.4 Å². The first-order chi connectivity index (χ1) is 14.5. The summed E-state index contributed by atoms with van der Waals surface area (Å²) in [5.74, 6) is 0.309. The second-order valence-corrected chi connectivity index (χ2v) is 7.51. The van der Waals surface area contributed by atoms with Gasteiger partial charge in [-0.15, -0.1) is 0 Å². The van der Waals surface area contributed by atoms with Crippen molar-refractivity contribution in [3.8, 4) is 11.5 Å². The van der Waals surface area contributed by atoms with E-state index in [9.17, 15) is 9.59 Å². The van der Waals surface area contributed by atoms with Crippen LogP contribution in [-0.4, -0.2) is 33.9 Å². The number of imide groups is 1. The van der Waals surface area contributed by atoms with Crippen LogP contribution in [0.1, 0.15) is 11.5 Å². The van der Waals surface area contributed by atoms with Gasteiger partial charge in [0.2, 0.25) is 5.89 Å². The van der Waals surface area contributed by atoms with E-state index in [-0.39, 0.29) is 12.5 Å². The van der Waals surface area contributed by atoms with Gasteiger partial charge in [0.15, 0.2) is 12.1 Å². The van der Waals surface area contributed by atoms with Gasteiger partial charge in [0.05, 0.1) is 12.2 Å². The van der Waals surface area contributed by atoms with E-state index in [0.29, 0.717) is 28.1 Å². The highest BCUT2D eigenvalue weighted by atomic mass is 35.5. The fourth-order valence-corrected chi connectivity index (χ4v) is 3.84. The molecule has 1 aromatic heterocycles. The molecule has 150 valence electrons. The molecule has 2 aliphatic rings. The number of fused-ring (bicyclic) bond motifs is 1. The zero-order valence-corrected chi connectivity index (χ0v) is 16.7. The first-order valence-corrected chi connectivity index (χ1v) is 9.73. The minimum absolute atomic E-state index is 0.204. The summed E-state index contributed by atoms with van der Waals surface area (Å²) in [5, 5.41) is 10.0. The molecule has 0 bridgehead atoms. The summed E-state index contributed by atoms with van der Waals surface area (Å²) >= 11 is 6.03. The number of oxazole rings is 1. The molecule has 2 unspecified atom stereocenters. The summed E-state index contributed by atoms with van der Waals surface area (Å²) in [6.45, 7) is 2.01. The van der Waals surface area contributed by atoms with Crippen LogP contribution < -0.4 is 4.90 Å². The maximum absolute atomic E-state index is 13.1. The lowest BCUT2D eigenvalue weighted by Crippen LogP contribution is -2.39. The third-order valence-corrected chi connectivity index (χ3v) is 5.38. The number of hydrogen-bond acceptors (Lipinski definition) is 7. The maximum atomic E-state index is 13.1. The van der Waals surface area contributed by atoms with Crippen molar-refractivity contribution in [1.29, 1.82) is 0 Å². The Morgan fingerprint density at radius 1 is 1.07 bits per heavy atom. The Kier molecular flexibility index (Phi) is 4.36. The van der Waals surface area contributed by atoms with E-state index in [1.807, 2.05) is 30.3 Å². The average Bonchev–Trinajstić information content (AvgIpc) is 3.39. The van der Waals surface area contributed by atoms with Crippen molar-refractivity contribution in [2.24, 2.45) is 10.3 Å². The van der Waals surface area contributed by atoms with Crippen molar-refractivity contribution in [2.75, 3.05) is 4.90 Å². The summed E-state index contributed by atoms with van der Waals surface area (Å²) in [4.78, 5) is 31.6. The number of benzene rings is 2. The van der Waals surface area contributed by atoms with E-state index >= 15 is 0 Å². The zero-order valence-electron chi connectivity index (χ0n) is 15.9. The molecule has 0 spiro atoms. The van der Waals surface area contributed by atoms with E-state index in [1.165, 1.54) is 5.01 Å². The van der Waals surface area contributed by atoms with Gasteiger partial charge in [0.1, 0.15) is 11.5 Å². The molecule has 1 fully saturated rings. The highest BCUT2D eigenvalue weighted by Gasteiger charge is 2.54. The average molecular weight is 422 g/mol. The Balaban J connectivity index is 1.41. The van der Waals surface area contributed by atoms with Gasteiger partial charge >= 0.3 is 0 Å². The predicted molar refractivity (Wildman–Crippen MR) is 109 cm³/mol. The van der Waals surface area contributed by atoms with Gasteiger partial charge in [-0.1, -0.05) is 41.1 Å². The molecular weight excluding hydrogens is 406 g/mol. The fourth-order valence-electron chi connectivity index (χ4n) is 3.66. The van der Waals surface area contributed by atoms with Gasteiger partial charge in [-0.25, -0.2) is 9.88 Å². The van der Waals surface area contributed by atoms with E-state index in [0.717, 1.165) is 10.5 Å². The SMILES string of the molecule is Cc1oc(-c2ccccc2)nc1CN1N=NC2C(=O)N(c3cccc(Cl)c3)C(=O)C21. The molecule has 0 N–H and O–H groups in total. The van der Waals surface area contributed by atoms with Crippen LogP contribution in [0.15, 0.2) is 69.4 Å². The Morgan fingerprint density at radius 2 is 1.87 bits per heavy atom. The lowest BCUT2D eigenvalue weighted by atomic mass is 10.1. The van der Waals surface area contributed by atoms with Gasteiger partial charge in [0.25, 0.3) is 11.8 Å². The van der Waals surface area contributed by atoms with Crippen LogP contribution in [-0.2, 0) is 16.1 Å². The van der Waals surface area contributed by atoms with Crippen molar-refractivity contribution in [3.05, 3.63) is 71.1 Å². The number of aryl methyl sites for hydroxylation is 1. The minimum Gasteiger partial charge on any atom is -0.441 e. The Morgan fingerprint density at radius 3 is 2.63 bits per heavy atom. The summed E-state index contributed by atoms with van der Waals surface area (Å²) in [6.07, 6.45) is 0. The number of anilines is 1. The molecule has 8 nitrogen and oxygen atoms in total. The van der Waals surface area contributed by atoms with Crippen LogP contribution in [0, 0.1) is 6.92 Å². The van der Waals surface area contributed by atoms with Gasteiger partial charge in [-0.05, 0) is 37.3 Å². The molecular formula is C21H16ClN5O3. The van der Waals surface area contributed by atoms with Crippen LogP contribution in [0.2, 0.25) is 5.02 Å². The monoisotopic (exact) mass is 421 g/mol. The predicted octanol–water partition coefficient (Wildman–Crippen LogP) is 3.80. The Labute approximate surface area is 176 Å².